The summed E-state index contributed by atoms with van der Waals surface area (Å²) in [4.78, 5) is 12.2. The molecule has 0 saturated heterocycles. The van der Waals surface area contributed by atoms with Gasteiger partial charge < -0.3 is 15.8 Å². The topological polar surface area (TPSA) is 111 Å². The second-order valence-corrected chi connectivity index (χ2v) is 8.06. The van der Waals surface area contributed by atoms with Crippen molar-refractivity contribution in [2.24, 2.45) is 15.5 Å². The number of sulfonamides is 1. The molecule has 0 atom stereocenters. The van der Waals surface area contributed by atoms with Gasteiger partial charge in [-0.25, -0.2) is 8.42 Å². The van der Waals surface area contributed by atoms with Gasteiger partial charge in [-0.2, -0.15) is 0 Å². The Bertz CT molecular complexity index is 770. The van der Waals surface area contributed by atoms with E-state index < -0.39 is 15.4 Å². The summed E-state index contributed by atoms with van der Waals surface area (Å²) in [5.41, 5.74) is 6.10. The van der Waals surface area contributed by atoms with Crippen molar-refractivity contribution in [1.82, 2.24) is 5.32 Å². The van der Waals surface area contributed by atoms with Crippen LogP contribution in [0.1, 0.15) is 45.7 Å². The maximum atomic E-state index is 12.2. The van der Waals surface area contributed by atoms with Crippen molar-refractivity contribution in [3.63, 3.8) is 0 Å². The molecule has 0 unspecified atom stereocenters. The molecule has 140 valence electrons. The Morgan fingerprint density at radius 1 is 1.40 bits per heavy atom. The SMILES string of the molecule is C.CCCNC(=O)C(C)(C)COc1cccc2c1C(N)=NS(=O)(=O)C2. The van der Waals surface area contributed by atoms with Crippen molar-refractivity contribution in [2.75, 3.05) is 13.2 Å². The molecule has 1 aliphatic heterocycles. The summed E-state index contributed by atoms with van der Waals surface area (Å²) in [7, 11) is -3.59. The van der Waals surface area contributed by atoms with Gasteiger partial charge >= 0.3 is 0 Å². The van der Waals surface area contributed by atoms with Crippen LogP contribution in [0.4, 0.5) is 0 Å². The smallest absolute Gasteiger partial charge is 0.259 e. The number of hydrogen-bond donors (Lipinski definition) is 2. The molecule has 1 amide bonds. The molecule has 7 nitrogen and oxygen atoms in total. The predicted molar refractivity (Wildman–Crippen MR) is 99.1 cm³/mol. The summed E-state index contributed by atoms with van der Waals surface area (Å²) >= 11 is 0. The van der Waals surface area contributed by atoms with E-state index in [1.54, 1.807) is 32.0 Å². The minimum Gasteiger partial charge on any atom is -0.492 e. The fraction of sp³-hybridized carbons (Fsp3) is 0.529. The fourth-order valence-corrected chi connectivity index (χ4v) is 3.42. The molecule has 1 aliphatic rings. The monoisotopic (exact) mass is 369 g/mol. The van der Waals surface area contributed by atoms with Crippen molar-refractivity contribution in [2.45, 2.75) is 40.4 Å². The Hall–Kier alpha value is -2.09. The minimum absolute atomic E-state index is 0. The molecular weight excluding hydrogens is 342 g/mol. The number of amides is 1. The van der Waals surface area contributed by atoms with Crippen LogP contribution in [0.15, 0.2) is 22.6 Å². The number of amidine groups is 1. The lowest BCUT2D eigenvalue weighted by molar-refractivity contribution is -0.130. The number of carbonyl (C=O) groups excluding carboxylic acids is 1. The molecule has 0 spiro atoms. The number of fused-ring (bicyclic) bond motifs is 1. The normalized spacial score (nSPS) is 15.4. The lowest BCUT2D eigenvalue weighted by Gasteiger charge is -2.25. The van der Waals surface area contributed by atoms with Crippen LogP contribution in [0, 0.1) is 5.41 Å². The lowest BCUT2D eigenvalue weighted by atomic mass is 9.93. The lowest BCUT2D eigenvalue weighted by Crippen LogP contribution is -2.41. The number of rotatable bonds is 6. The third-order valence-corrected chi connectivity index (χ3v) is 4.83. The summed E-state index contributed by atoms with van der Waals surface area (Å²) in [5, 5.41) is 2.84. The van der Waals surface area contributed by atoms with Crippen molar-refractivity contribution >= 4 is 21.8 Å². The first-order chi connectivity index (χ1) is 11.2. The van der Waals surface area contributed by atoms with Gasteiger partial charge in [0, 0.05) is 6.54 Å². The van der Waals surface area contributed by atoms with E-state index in [1.807, 2.05) is 6.92 Å². The highest BCUT2D eigenvalue weighted by atomic mass is 32.2. The maximum absolute atomic E-state index is 12.2. The van der Waals surface area contributed by atoms with Gasteiger partial charge in [-0.15, -0.1) is 4.40 Å². The van der Waals surface area contributed by atoms with E-state index in [1.165, 1.54) is 0 Å². The van der Waals surface area contributed by atoms with E-state index in [9.17, 15) is 13.2 Å². The Balaban J connectivity index is 0.00000312. The fourth-order valence-electron chi connectivity index (χ4n) is 2.33. The molecule has 0 aromatic heterocycles. The Labute approximate surface area is 149 Å². The first kappa shape index (κ1) is 21.0. The highest BCUT2D eigenvalue weighted by Gasteiger charge is 2.30. The zero-order valence-electron chi connectivity index (χ0n) is 14.1. The van der Waals surface area contributed by atoms with Crippen molar-refractivity contribution in [3.05, 3.63) is 29.3 Å². The highest BCUT2D eigenvalue weighted by molar-refractivity contribution is 7.89. The van der Waals surface area contributed by atoms with Crippen LogP contribution in [0.5, 0.6) is 5.75 Å². The number of hydrogen-bond acceptors (Lipinski definition) is 5. The Kier molecular flexibility index (Phi) is 6.59. The maximum Gasteiger partial charge on any atom is 0.259 e. The molecule has 0 fully saturated rings. The molecule has 8 heteroatoms. The van der Waals surface area contributed by atoms with Crippen LogP contribution in [0.2, 0.25) is 0 Å². The van der Waals surface area contributed by atoms with Gasteiger partial charge in [-0.3, -0.25) is 4.79 Å². The van der Waals surface area contributed by atoms with Gasteiger partial charge in [-0.1, -0.05) is 26.5 Å². The largest absolute Gasteiger partial charge is 0.492 e. The number of benzene rings is 1. The van der Waals surface area contributed by atoms with Gasteiger partial charge in [0.1, 0.15) is 18.2 Å². The van der Waals surface area contributed by atoms with E-state index in [4.69, 9.17) is 10.5 Å². The van der Waals surface area contributed by atoms with Crippen LogP contribution >= 0.6 is 0 Å². The molecular formula is C17H27N3O4S. The van der Waals surface area contributed by atoms with Crippen molar-refractivity contribution in [1.29, 1.82) is 0 Å². The molecule has 0 saturated carbocycles. The average molecular weight is 369 g/mol. The van der Waals surface area contributed by atoms with Crippen molar-refractivity contribution in [3.8, 4) is 5.75 Å². The molecule has 1 aromatic carbocycles. The predicted octanol–water partition coefficient (Wildman–Crippen LogP) is 1.80. The first-order valence-electron chi connectivity index (χ1n) is 7.78. The third-order valence-electron chi connectivity index (χ3n) is 3.68. The molecule has 0 bridgehead atoms. The third kappa shape index (κ3) is 4.94. The van der Waals surface area contributed by atoms with E-state index >= 15 is 0 Å². The zero-order valence-corrected chi connectivity index (χ0v) is 14.9. The van der Waals surface area contributed by atoms with E-state index in [2.05, 4.69) is 9.71 Å². The van der Waals surface area contributed by atoms with E-state index in [0.29, 0.717) is 23.4 Å². The average Bonchev–Trinajstić information content (AvgIpc) is 2.48. The van der Waals surface area contributed by atoms with Crippen LogP contribution in [-0.2, 0) is 20.6 Å². The zero-order chi connectivity index (χ0) is 18.0. The van der Waals surface area contributed by atoms with Crippen LogP contribution < -0.4 is 15.8 Å². The van der Waals surface area contributed by atoms with E-state index in [0.717, 1.165) is 6.42 Å². The summed E-state index contributed by atoms with van der Waals surface area (Å²) in [6.45, 7) is 6.31. The molecule has 3 N–H and O–H groups in total. The highest BCUT2D eigenvalue weighted by Crippen LogP contribution is 2.29. The van der Waals surface area contributed by atoms with Crippen molar-refractivity contribution < 1.29 is 17.9 Å². The number of nitrogens with zero attached hydrogens (tertiary/aromatic N) is 1. The van der Waals surface area contributed by atoms with Gasteiger partial charge in [0.25, 0.3) is 10.0 Å². The first-order valence-corrected chi connectivity index (χ1v) is 9.38. The molecule has 0 aliphatic carbocycles. The second kappa shape index (κ2) is 7.86. The number of nitrogens with two attached hydrogens (primary N) is 1. The Morgan fingerprint density at radius 2 is 2.08 bits per heavy atom. The molecule has 1 heterocycles. The molecule has 1 aromatic rings. The molecule has 2 rings (SSSR count). The van der Waals surface area contributed by atoms with Gasteiger partial charge in [0.05, 0.1) is 16.7 Å². The number of ether oxygens (including phenoxy) is 1. The van der Waals surface area contributed by atoms with Gasteiger partial charge in [-0.05, 0) is 31.9 Å². The summed E-state index contributed by atoms with van der Waals surface area (Å²) in [6, 6.07) is 5.08. The van der Waals surface area contributed by atoms with E-state index in [-0.39, 0.29) is 31.5 Å². The number of nitrogens with one attached hydrogen (secondary N) is 1. The van der Waals surface area contributed by atoms with Crippen LogP contribution in [0.25, 0.3) is 0 Å². The van der Waals surface area contributed by atoms with Crippen LogP contribution in [0.3, 0.4) is 0 Å². The molecule has 0 radical (unpaired) electrons. The Morgan fingerprint density at radius 3 is 2.72 bits per heavy atom. The van der Waals surface area contributed by atoms with Crippen LogP contribution in [-0.4, -0.2) is 33.3 Å². The second-order valence-electron chi connectivity index (χ2n) is 6.42. The standard InChI is InChI=1S/C16H23N3O4S.CH4/c1-4-8-18-15(20)16(2,3)10-23-12-7-5-6-11-9-24(21,22)19-14(17)13(11)12;/h5-7H,4,8-10H2,1-3H3,(H2,17,19)(H,18,20);1H4. The minimum atomic E-state index is -3.59. The number of carbonyl (C=O) groups is 1. The summed E-state index contributed by atoms with van der Waals surface area (Å²) < 4.78 is 32.7. The molecule has 25 heavy (non-hydrogen) atoms. The summed E-state index contributed by atoms with van der Waals surface area (Å²) in [5.74, 6) is 0.0409. The summed E-state index contributed by atoms with van der Waals surface area (Å²) in [6.07, 6.45) is 0.857. The van der Waals surface area contributed by atoms with Gasteiger partial charge in [0.15, 0.2) is 0 Å². The quantitative estimate of drug-likeness (QED) is 0.794. The van der Waals surface area contributed by atoms with Gasteiger partial charge in [0.2, 0.25) is 5.91 Å².